The molecule has 0 aliphatic carbocycles. The summed E-state index contributed by atoms with van der Waals surface area (Å²) in [6, 6.07) is 14.9. The SMILES string of the molecule is NC(Cc1cccc(Br)c1)C1CS(=O)(=O)c2ccccc21. The van der Waals surface area contributed by atoms with Crippen molar-refractivity contribution in [3.8, 4) is 0 Å². The molecule has 2 unspecified atom stereocenters. The molecule has 0 amide bonds. The molecule has 3 rings (SSSR count). The Morgan fingerprint density at radius 3 is 2.71 bits per heavy atom. The Bertz CT molecular complexity index is 773. The van der Waals surface area contributed by atoms with Gasteiger partial charge in [-0.25, -0.2) is 8.42 Å². The fourth-order valence-electron chi connectivity index (χ4n) is 2.92. The molecule has 2 N–H and O–H groups in total. The van der Waals surface area contributed by atoms with Crippen molar-refractivity contribution in [2.45, 2.75) is 23.3 Å². The van der Waals surface area contributed by atoms with Gasteiger partial charge in [0.15, 0.2) is 9.84 Å². The molecule has 0 fully saturated rings. The Balaban J connectivity index is 1.88. The molecular formula is C16H16BrNO2S. The lowest BCUT2D eigenvalue weighted by Gasteiger charge is -2.19. The normalized spacial score (nSPS) is 21.0. The predicted octanol–water partition coefficient (Wildman–Crippen LogP) is 2.89. The molecule has 0 saturated heterocycles. The highest BCUT2D eigenvalue weighted by Crippen LogP contribution is 2.37. The third-order valence-corrected chi connectivity index (χ3v) is 6.26. The summed E-state index contributed by atoms with van der Waals surface area (Å²) in [5.74, 6) is -0.0215. The average Bonchev–Trinajstić information content (AvgIpc) is 2.72. The van der Waals surface area contributed by atoms with Crippen molar-refractivity contribution in [3.05, 3.63) is 64.1 Å². The smallest absolute Gasteiger partial charge is 0.179 e. The number of nitrogens with two attached hydrogens (primary N) is 1. The number of rotatable bonds is 3. The summed E-state index contributed by atoms with van der Waals surface area (Å²) >= 11 is 3.44. The highest BCUT2D eigenvalue weighted by atomic mass is 79.9. The van der Waals surface area contributed by atoms with Crippen LogP contribution < -0.4 is 5.73 Å². The molecule has 5 heteroatoms. The van der Waals surface area contributed by atoms with Crippen molar-refractivity contribution < 1.29 is 8.42 Å². The minimum absolute atomic E-state index is 0.113. The number of benzene rings is 2. The molecule has 1 heterocycles. The maximum absolute atomic E-state index is 12.2. The van der Waals surface area contributed by atoms with Gasteiger partial charge in [0, 0.05) is 16.4 Å². The van der Waals surface area contributed by atoms with Gasteiger partial charge in [-0.15, -0.1) is 0 Å². The summed E-state index contributed by atoms with van der Waals surface area (Å²) in [6.07, 6.45) is 0.661. The topological polar surface area (TPSA) is 60.2 Å². The summed E-state index contributed by atoms with van der Waals surface area (Å²) in [7, 11) is -3.19. The number of fused-ring (bicyclic) bond motifs is 1. The van der Waals surface area contributed by atoms with Crippen LogP contribution in [0.25, 0.3) is 0 Å². The van der Waals surface area contributed by atoms with Crippen molar-refractivity contribution >= 4 is 25.8 Å². The van der Waals surface area contributed by atoms with Crippen molar-refractivity contribution in [3.63, 3.8) is 0 Å². The van der Waals surface area contributed by atoms with E-state index in [1.807, 2.05) is 36.4 Å². The number of hydrogen-bond donors (Lipinski definition) is 1. The van der Waals surface area contributed by atoms with Crippen LogP contribution >= 0.6 is 15.9 Å². The van der Waals surface area contributed by atoms with E-state index in [4.69, 9.17) is 5.73 Å². The molecule has 21 heavy (non-hydrogen) atoms. The van der Waals surface area contributed by atoms with Gasteiger partial charge >= 0.3 is 0 Å². The fraction of sp³-hybridized carbons (Fsp3) is 0.250. The van der Waals surface area contributed by atoms with Crippen molar-refractivity contribution in [2.24, 2.45) is 5.73 Å². The second kappa shape index (κ2) is 5.55. The first kappa shape index (κ1) is 14.8. The third-order valence-electron chi connectivity index (χ3n) is 3.93. The van der Waals surface area contributed by atoms with Crippen LogP contribution in [0.15, 0.2) is 57.9 Å². The standard InChI is InChI=1S/C16H16BrNO2S/c17-12-5-3-4-11(8-12)9-15(18)14-10-21(19,20)16-7-2-1-6-13(14)16/h1-8,14-15H,9-10,18H2. The largest absolute Gasteiger partial charge is 0.327 e. The first-order chi connectivity index (χ1) is 9.97. The van der Waals surface area contributed by atoms with E-state index >= 15 is 0 Å². The van der Waals surface area contributed by atoms with Gasteiger partial charge in [0.25, 0.3) is 0 Å². The molecule has 1 aliphatic heterocycles. The fourth-order valence-corrected chi connectivity index (χ4v) is 5.31. The molecule has 2 atom stereocenters. The summed E-state index contributed by atoms with van der Waals surface area (Å²) in [4.78, 5) is 0.444. The lowest BCUT2D eigenvalue weighted by molar-refractivity contribution is 0.559. The molecule has 0 aromatic heterocycles. The zero-order valence-electron chi connectivity index (χ0n) is 11.4. The average molecular weight is 366 g/mol. The maximum atomic E-state index is 12.2. The summed E-state index contributed by atoms with van der Waals surface area (Å²) in [5, 5.41) is 0. The molecule has 110 valence electrons. The van der Waals surface area contributed by atoms with E-state index in [1.54, 1.807) is 12.1 Å². The molecule has 0 spiro atoms. The Labute approximate surface area is 133 Å². The van der Waals surface area contributed by atoms with Gasteiger partial charge in [-0.05, 0) is 35.7 Å². The Hall–Kier alpha value is -1.17. The molecule has 3 nitrogen and oxygen atoms in total. The van der Waals surface area contributed by atoms with Crippen LogP contribution in [0.3, 0.4) is 0 Å². The first-order valence-electron chi connectivity index (χ1n) is 6.79. The van der Waals surface area contributed by atoms with E-state index in [2.05, 4.69) is 15.9 Å². The summed E-state index contributed by atoms with van der Waals surface area (Å²) < 4.78 is 25.4. The molecule has 2 aromatic carbocycles. The van der Waals surface area contributed by atoms with Gasteiger partial charge in [-0.2, -0.15) is 0 Å². The molecule has 1 aliphatic rings. The minimum Gasteiger partial charge on any atom is -0.327 e. The van der Waals surface area contributed by atoms with Gasteiger partial charge in [0.05, 0.1) is 10.6 Å². The van der Waals surface area contributed by atoms with Gasteiger partial charge in [0.2, 0.25) is 0 Å². The van der Waals surface area contributed by atoms with Crippen LogP contribution in [-0.4, -0.2) is 20.2 Å². The van der Waals surface area contributed by atoms with E-state index in [0.717, 1.165) is 15.6 Å². The van der Waals surface area contributed by atoms with E-state index in [-0.39, 0.29) is 17.7 Å². The lowest BCUT2D eigenvalue weighted by atomic mass is 9.90. The van der Waals surface area contributed by atoms with Crippen molar-refractivity contribution in [1.82, 2.24) is 0 Å². The maximum Gasteiger partial charge on any atom is 0.179 e. The van der Waals surface area contributed by atoms with E-state index < -0.39 is 9.84 Å². The predicted molar refractivity (Wildman–Crippen MR) is 87.1 cm³/mol. The highest BCUT2D eigenvalue weighted by molar-refractivity contribution is 9.10. The van der Waals surface area contributed by atoms with Crippen LogP contribution in [0, 0.1) is 0 Å². The Morgan fingerprint density at radius 1 is 1.19 bits per heavy atom. The minimum atomic E-state index is -3.19. The summed E-state index contributed by atoms with van der Waals surface area (Å²) in [5.41, 5.74) is 8.29. The van der Waals surface area contributed by atoms with E-state index in [1.165, 1.54) is 0 Å². The molecule has 0 radical (unpaired) electrons. The molecule has 0 saturated carbocycles. The van der Waals surface area contributed by atoms with Crippen LogP contribution in [0.5, 0.6) is 0 Å². The lowest BCUT2D eigenvalue weighted by Crippen LogP contribution is -2.31. The van der Waals surface area contributed by atoms with Crippen molar-refractivity contribution in [1.29, 1.82) is 0 Å². The molecule has 0 bridgehead atoms. The molecular weight excluding hydrogens is 350 g/mol. The highest BCUT2D eigenvalue weighted by Gasteiger charge is 2.37. The zero-order valence-corrected chi connectivity index (χ0v) is 13.8. The van der Waals surface area contributed by atoms with Gasteiger partial charge in [-0.3, -0.25) is 0 Å². The second-order valence-corrected chi connectivity index (χ2v) is 8.34. The van der Waals surface area contributed by atoms with Crippen molar-refractivity contribution in [2.75, 3.05) is 5.75 Å². The third kappa shape index (κ3) is 2.91. The molecule has 2 aromatic rings. The van der Waals surface area contributed by atoms with E-state index in [9.17, 15) is 8.42 Å². The Morgan fingerprint density at radius 2 is 1.95 bits per heavy atom. The zero-order chi connectivity index (χ0) is 15.0. The van der Waals surface area contributed by atoms with Crippen LogP contribution in [0.1, 0.15) is 17.0 Å². The number of sulfone groups is 1. The number of halogens is 1. The Kier molecular flexibility index (Phi) is 3.90. The van der Waals surface area contributed by atoms with Gasteiger partial charge in [0.1, 0.15) is 0 Å². The van der Waals surface area contributed by atoms with E-state index in [0.29, 0.717) is 11.3 Å². The summed E-state index contributed by atoms with van der Waals surface area (Å²) in [6.45, 7) is 0. The second-order valence-electron chi connectivity index (χ2n) is 5.42. The van der Waals surface area contributed by atoms with Crippen LogP contribution in [-0.2, 0) is 16.3 Å². The van der Waals surface area contributed by atoms with Gasteiger partial charge in [-0.1, -0.05) is 46.3 Å². The van der Waals surface area contributed by atoms with Gasteiger partial charge < -0.3 is 5.73 Å². The quantitative estimate of drug-likeness (QED) is 0.909. The van der Waals surface area contributed by atoms with Crippen LogP contribution in [0.4, 0.5) is 0 Å². The number of hydrogen-bond acceptors (Lipinski definition) is 3. The monoisotopic (exact) mass is 365 g/mol. The first-order valence-corrected chi connectivity index (χ1v) is 9.23. The van der Waals surface area contributed by atoms with Crippen LogP contribution in [0.2, 0.25) is 0 Å².